The van der Waals surface area contributed by atoms with Gasteiger partial charge in [0.2, 0.25) is 0 Å². The molecule has 1 aliphatic rings. The zero-order valence-corrected chi connectivity index (χ0v) is 17.5. The summed E-state index contributed by atoms with van der Waals surface area (Å²) in [6.45, 7) is 2.45. The standard InChI is InChI=1S/C22H23ClN4O.ClH/c23-21-9-5-4-8-17(21)13-27-14-19(11-25-27)22(28)26-12-18(10-24)20(15-26)16-6-2-1-3-7-16;/h1-9,11,14,18,20H,10,12-13,15,24H2;1H/t18-,20+;/m1./s1. The monoisotopic (exact) mass is 430 g/mol. The molecule has 0 saturated carbocycles. The zero-order chi connectivity index (χ0) is 19.5. The van der Waals surface area contributed by atoms with Crippen LogP contribution >= 0.6 is 24.0 Å². The fourth-order valence-electron chi connectivity index (χ4n) is 3.90. The number of carbonyl (C=O) groups is 1. The number of hydrogen-bond donors (Lipinski definition) is 1. The molecule has 0 spiro atoms. The summed E-state index contributed by atoms with van der Waals surface area (Å²) in [5.41, 5.74) is 8.80. The summed E-state index contributed by atoms with van der Waals surface area (Å²) >= 11 is 6.23. The molecule has 3 aromatic rings. The number of amides is 1. The third-order valence-electron chi connectivity index (χ3n) is 5.43. The minimum atomic E-state index is 0. The number of likely N-dealkylation sites (tertiary alicyclic amines) is 1. The number of aromatic nitrogens is 2. The Morgan fingerprint density at radius 3 is 2.55 bits per heavy atom. The Morgan fingerprint density at radius 1 is 1.10 bits per heavy atom. The van der Waals surface area contributed by atoms with Crippen molar-refractivity contribution in [3.8, 4) is 0 Å². The van der Waals surface area contributed by atoms with Gasteiger partial charge in [0.05, 0.1) is 18.3 Å². The van der Waals surface area contributed by atoms with Crippen molar-refractivity contribution >= 4 is 29.9 Å². The van der Waals surface area contributed by atoms with Crippen LogP contribution in [-0.4, -0.2) is 40.2 Å². The van der Waals surface area contributed by atoms with Crippen molar-refractivity contribution in [2.75, 3.05) is 19.6 Å². The summed E-state index contributed by atoms with van der Waals surface area (Å²) in [4.78, 5) is 14.9. The third-order valence-corrected chi connectivity index (χ3v) is 5.80. The summed E-state index contributed by atoms with van der Waals surface area (Å²) in [7, 11) is 0. The fourth-order valence-corrected chi connectivity index (χ4v) is 4.09. The predicted octanol–water partition coefficient (Wildman–Crippen LogP) is 3.82. The number of halogens is 2. The largest absolute Gasteiger partial charge is 0.338 e. The first kappa shape index (κ1) is 21.4. The number of hydrogen-bond acceptors (Lipinski definition) is 3. The molecular weight excluding hydrogens is 407 g/mol. The Hall–Kier alpha value is -2.34. The van der Waals surface area contributed by atoms with Gasteiger partial charge in [-0.05, 0) is 29.7 Å². The first-order chi connectivity index (χ1) is 13.7. The van der Waals surface area contributed by atoms with Crippen LogP contribution in [0.2, 0.25) is 5.02 Å². The number of nitrogens with zero attached hydrogens (tertiary/aromatic N) is 3. The van der Waals surface area contributed by atoms with Gasteiger partial charge in [0.1, 0.15) is 0 Å². The van der Waals surface area contributed by atoms with E-state index in [9.17, 15) is 4.79 Å². The van der Waals surface area contributed by atoms with Crippen LogP contribution in [0, 0.1) is 5.92 Å². The third kappa shape index (κ3) is 4.64. The zero-order valence-electron chi connectivity index (χ0n) is 15.9. The molecule has 0 unspecified atom stereocenters. The Balaban J connectivity index is 0.00000240. The Kier molecular flexibility index (Phi) is 6.96. The second kappa shape index (κ2) is 9.44. The highest BCUT2D eigenvalue weighted by atomic mass is 35.5. The van der Waals surface area contributed by atoms with Gasteiger partial charge in [0, 0.05) is 30.2 Å². The second-order valence-electron chi connectivity index (χ2n) is 7.24. The van der Waals surface area contributed by atoms with Crippen LogP contribution in [0.15, 0.2) is 67.0 Å². The first-order valence-electron chi connectivity index (χ1n) is 9.46. The normalized spacial score (nSPS) is 18.5. The lowest BCUT2D eigenvalue weighted by Gasteiger charge is -2.16. The van der Waals surface area contributed by atoms with Gasteiger partial charge in [-0.1, -0.05) is 60.1 Å². The van der Waals surface area contributed by atoms with E-state index in [1.807, 2.05) is 47.4 Å². The van der Waals surface area contributed by atoms with Gasteiger partial charge in [-0.3, -0.25) is 9.48 Å². The molecule has 1 aromatic heterocycles. The lowest BCUT2D eigenvalue weighted by atomic mass is 9.89. The second-order valence-corrected chi connectivity index (χ2v) is 7.65. The van der Waals surface area contributed by atoms with Crippen molar-refractivity contribution in [1.29, 1.82) is 0 Å². The highest BCUT2D eigenvalue weighted by Crippen LogP contribution is 2.32. The Morgan fingerprint density at radius 2 is 1.83 bits per heavy atom. The predicted molar refractivity (Wildman–Crippen MR) is 118 cm³/mol. The molecule has 2 aromatic carbocycles. The number of nitrogens with two attached hydrogens (primary N) is 1. The lowest BCUT2D eigenvalue weighted by Crippen LogP contribution is -2.29. The van der Waals surface area contributed by atoms with E-state index in [2.05, 4.69) is 17.2 Å². The maximum absolute atomic E-state index is 13.0. The topological polar surface area (TPSA) is 64.2 Å². The summed E-state index contributed by atoms with van der Waals surface area (Å²) in [6.07, 6.45) is 3.42. The molecule has 7 heteroatoms. The lowest BCUT2D eigenvalue weighted by molar-refractivity contribution is 0.0786. The highest BCUT2D eigenvalue weighted by molar-refractivity contribution is 6.31. The van der Waals surface area contributed by atoms with Crippen molar-refractivity contribution in [1.82, 2.24) is 14.7 Å². The maximum Gasteiger partial charge on any atom is 0.257 e. The van der Waals surface area contributed by atoms with E-state index in [0.717, 1.165) is 5.56 Å². The van der Waals surface area contributed by atoms with E-state index in [-0.39, 0.29) is 30.2 Å². The van der Waals surface area contributed by atoms with E-state index < -0.39 is 0 Å². The summed E-state index contributed by atoms with van der Waals surface area (Å²) in [5.74, 6) is 0.542. The van der Waals surface area contributed by atoms with Crippen LogP contribution in [0.25, 0.3) is 0 Å². The molecule has 0 radical (unpaired) electrons. The highest BCUT2D eigenvalue weighted by Gasteiger charge is 2.35. The molecular formula is C22H24Cl2N4O. The molecule has 152 valence electrons. The van der Waals surface area contributed by atoms with Gasteiger partial charge in [0.25, 0.3) is 5.91 Å². The van der Waals surface area contributed by atoms with Crippen LogP contribution in [0.4, 0.5) is 0 Å². The minimum Gasteiger partial charge on any atom is -0.338 e. The van der Waals surface area contributed by atoms with Gasteiger partial charge in [-0.15, -0.1) is 12.4 Å². The van der Waals surface area contributed by atoms with Gasteiger partial charge >= 0.3 is 0 Å². The number of benzene rings is 2. The minimum absolute atomic E-state index is 0. The fraction of sp³-hybridized carbons (Fsp3) is 0.273. The van der Waals surface area contributed by atoms with Gasteiger partial charge in [0.15, 0.2) is 0 Å². The van der Waals surface area contributed by atoms with Crippen molar-refractivity contribution in [3.63, 3.8) is 0 Å². The smallest absolute Gasteiger partial charge is 0.257 e. The average Bonchev–Trinajstić information content (AvgIpc) is 3.37. The molecule has 0 aliphatic carbocycles. The number of rotatable bonds is 5. The Labute approximate surface area is 181 Å². The van der Waals surface area contributed by atoms with Crippen LogP contribution in [-0.2, 0) is 6.54 Å². The number of carbonyl (C=O) groups excluding carboxylic acids is 1. The molecule has 2 N–H and O–H groups in total. The van der Waals surface area contributed by atoms with Crippen molar-refractivity contribution < 1.29 is 4.79 Å². The molecule has 1 saturated heterocycles. The molecule has 29 heavy (non-hydrogen) atoms. The van der Waals surface area contributed by atoms with E-state index >= 15 is 0 Å². The maximum atomic E-state index is 13.0. The molecule has 1 aliphatic heterocycles. The van der Waals surface area contributed by atoms with E-state index in [1.54, 1.807) is 17.1 Å². The average molecular weight is 431 g/mol. The molecule has 5 nitrogen and oxygen atoms in total. The van der Waals surface area contributed by atoms with Crippen LogP contribution < -0.4 is 5.73 Å². The van der Waals surface area contributed by atoms with Gasteiger partial charge < -0.3 is 10.6 Å². The molecule has 2 atom stereocenters. The molecule has 1 amide bonds. The Bertz CT molecular complexity index is 960. The van der Waals surface area contributed by atoms with Crippen molar-refractivity contribution in [2.24, 2.45) is 11.7 Å². The van der Waals surface area contributed by atoms with Gasteiger partial charge in [-0.25, -0.2) is 0 Å². The van der Waals surface area contributed by atoms with Crippen LogP contribution in [0.5, 0.6) is 0 Å². The summed E-state index contributed by atoms with van der Waals surface area (Å²) in [5, 5.41) is 5.04. The quantitative estimate of drug-likeness (QED) is 0.668. The van der Waals surface area contributed by atoms with E-state index in [1.165, 1.54) is 5.56 Å². The molecule has 4 rings (SSSR count). The van der Waals surface area contributed by atoms with E-state index in [0.29, 0.717) is 36.8 Å². The van der Waals surface area contributed by atoms with Crippen molar-refractivity contribution in [2.45, 2.75) is 12.5 Å². The summed E-state index contributed by atoms with van der Waals surface area (Å²) < 4.78 is 1.75. The van der Waals surface area contributed by atoms with Crippen LogP contribution in [0.1, 0.15) is 27.4 Å². The van der Waals surface area contributed by atoms with E-state index in [4.69, 9.17) is 17.3 Å². The van der Waals surface area contributed by atoms with Gasteiger partial charge in [-0.2, -0.15) is 5.10 Å². The first-order valence-corrected chi connectivity index (χ1v) is 9.83. The molecule has 0 bridgehead atoms. The summed E-state index contributed by atoms with van der Waals surface area (Å²) in [6, 6.07) is 18.0. The van der Waals surface area contributed by atoms with Crippen LogP contribution in [0.3, 0.4) is 0 Å². The molecule has 2 heterocycles. The molecule has 1 fully saturated rings. The van der Waals surface area contributed by atoms with Crippen molar-refractivity contribution in [3.05, 3.63) is 88.7 Å². The SMILES string of the molecule is Cl.NC[C@@H]1CN(C(=O)c2cnn(Cc3ccccc3Cl)c2)C[C@H]1c1ccccc1.